The van der Waals surface area contributed by atoms with Crippen molar-refractivity contribution in [2.24, 2.45) is 5.73 Å². The van der Waals surface area contributed by atoms with Crippen LogP contribution in [0.3, 0.4) is 0 Å². The number of aryl methyl sites for hydroxylation is 1. The molecule has 0 saturated carbocycles. The second-order valence-corrected chi connectivity index (χ2v) is 3.18. The van der Waals surface area contributed by atoms with E-state index >= 15 is 0 Å². The van der Waals surface area contributed by atoms with Gasteiger partial charge in [0.25, 0.3) is 0 Å². The van der Waals surface area contributed by atoms with Gasteiger partial charge in [0.05, 0.1) is 12.0 Å². The van der Waals surface area contributed by atoms with Gasteiger partial charge in [-0.25, -0.2) is 4.98 Å². The number of carbonyl (C=O) groups excluding carboxylic acids is 1. The predicted molar refractivity (Wildman–Crippen MR) is 53.4 cm³/mol. The average molecular weight is 196 g/mol. The maximum absolute atomic E-state index is 10.5. The Labute approximate surface area is 83.3 Å². The van der Waals surface area contributed by atoms with E-state index in [-0.39, 0.29) is 5.91 Å². The Kier molecular flexibility index (Phi) is 4.12. The molecule has 0 fully saturated rings. The number of carbonyl (C=O) groups is 1. The monoisotopic (exact) mass is 196 g/mol. The van der Waals surface area contributed by atoms with E-state index in [0.29, 0.717) is 6.42 Å². The molecule has 5 heteroatoms. The molecule has 14 heavy (non-hydrogen) atoms. The van der Waals surface area contributed by atoms with E-state index in [2.05, 4.69) is 10.3 Å². The van der Waals surface area contributed by atoms with Gasteiger partial charge in [-0.1, -0.05) is 0 Å². The Morgan fingerprint density at radius 2 is 2.50 bits per heavy atom. The molecular formula is C9H16N4O. The molecule has 0 saturated heterocycles. The van der Waals surface area contributed by atoms with Gasteiger partial charge in [0.2, 0.25) is 5.91 Å². The van der Waals surface area contributed by atoms with Gasteiger partial charge in [0, 0.05) is 25.7 Å². The minimum Gasteiger partial charge on any atom is -0.370 e. The summed E-state index contributed by atoms with van der Waals surface area (Å²) in [5.41, 5.74) is 6.17. The molecule has 1 aromatic heterocycles. The fourth-order valence-corrected chi connectivity index (χ4v) is 1.30. The maximum atomic E-state index is 10.5. The quantitative estimate of drug-likeness (QED) is 0.665. The molecule has 0 bridgehead atoms. The molecule has 3 N–H and O–H groups in total. The highest BCUT2D eigenvalue weighted by atomic mass is 16.1. The zero-order valence-corrected chi connectivity index (χ0v) is 8.36. The third kappa shape index (κ3) is 3.18. The molecular weight excluding hydrogens is 180 g/mol. The van der Waals surface area contributed by atoms with Crippen molar-refractivity contribution in [3.63, 3.8) is 0 Å². The molecule has 0 aliphatic rings. The second-order valence-electron chi connectivity index (χ2n) is 3.18. The van der Waals surface area contributed by atoms with Crippen LogP contribution < -0.4 is 11.1 Å². The van der Waals surface area contributed by atoms with E-state index in [1.165, 1.54) is 0 Å². The lowest BCUT2D eigenvalue weighted by atomic mass is 10.3. The predicted octanol–water partition coefficient (Wildman–Crippen LogP) is -0.132. The second kappa shape index (κ2) is 5.39. The molecule has 78 valence electrons. The summed E-state index contributed by atoms with van der Waals surface area (Å²) < 4.78 is 2.03. The van der Waals surface area contributed by atoms with Crippen molar-refractivity contribution in [1.29, 1.82) is 0 Å². The summed E-state index contributed by atoms with van der Waals surface area (Å²) >= 11 is 0. The summed E-state index contributed by atoms with van der Waals surface area (Å²) in [6, 6.07) is 0. The lowest BCUT2D eigenvalue weighted by molar-refractivity contribution is -0.118. The van der Waals surface area contributed by atoms with Crippen molar-refractivity contribution in [3.8, 4) is 0 Å². The Morgan fingerprint density at radius 1 is 1.71 bits per heavy atom. The van der Waals surface area contributed by atoms with Gasteiger partial charge in [0.1, 0.15) is 0 Å². The summed E-state index contributed by atoms with van der Waals surface area (Å²) in [7, 11) is 1.89. The molecule has 0 unspecified atom stereocenters. The van der Waals surface area contributed by atoms with E-state index in [4.69, 9.17) is 5.73 Å². The molecule has 1 aromatic rings. The molecule has 0 spiro atoms. The average Bonchev–Trinajstić information content (AvgIpc) is 2.53. The highest BCUT2D eigenvalue weighted by Crippen LogP contribution is 2.01. The topological polar surface area (TPSA) is 72.9 Å². The number of nitrogens with zero attached hydrogens (tertiary/aromatic N) is 2. The van der Waals surface area contributed by atoms with E-state index in [9.17, 15) is 4.79 Å². The van der Waals surface area contributed by atoms with Crippen LogP contribution in [0.1, 0.15) is 18.5 Å². The molecule has 0 aliphatic carbocycles. The largest absolute Gasteiger partial charge is 0.370 e. The molecule has 0 atom stereocenters. The number of hydrogen-bond donors (Lipinski definition) is 2. The Bertz CT molecular complexity index is 295. The molecule has 1 amide bonds. The van der Waals surface area contributed by atoms with Crippen molar-refractivity contribution >= 4 is 5.91 Å². The Balaban J connectivity index is 2.41. The van der Waals surface area contributed by atoms with Gasteiger partial charge in [0.15, 0.2) is 0 Å². The zero-order chi connectivity index (χ0) is 10.4. The lowest BCUT2D eigenvalue weighted by Gasteiger charge is -2.06. The number of aromatic nitrogens is 2. The third-order valence-corrected chi connectivity index (χ3v) is 1.98. The van der Waals surface area contributed by atoms with E-state index in [0.717, 1.165) is 25.2 Å². The highest BCUT2D eigenvalue weighted by molar-refractivity contribution is 5.73. The number of imidazole rings is 1. The van der Waals surface area contributed by atoms with Crippen LogP contribution in [0.15, 0.2) is 12.5 Å². The van der Waals surface area contributed by atoms with Gasteiger partial charge in [-0.05, 0) is 13.5 Å². The molecule has 0 radical (unpaired) electrons. The molecule has 0 aromatic carbocycles. The zero-order valence-electron chi connectivity index (χ0n) is 8.36. The summed E-state index contributed by atoms with van der Waals surface area (Å²) in [4.78, 5) is 14.6. The van der Waals surface area contributed by atoms with Crippen LogP contribution in [-0.2, 0) is 17.9 Å². The van der Waals surface area contributed by atoms with Gasteiger partial charge in [-0.15, -0.1) is 0 Å². The van der Waals surface area contributed by atoms with Crippen molar-refractivity contribution in [2.45, 2.75) is 25.9 Å². The van der Waals surface area contributed by atoms with Gasteiger partial charge in [-0.2, -0.15) is 0 Å². The maximum Gasteiger partial charge on any atom is 0.217 e. The fraction of sp³-hybridized carbons (Fsp3) is 0.556. The lowest BCUT2D eigenvalue weighted by Crippen LogP contribution is -2.14. The SMILES string of the molecule is CNCc1cncn1CCCC(N)=O. The van der Waals surface area contributed by atoms with Crippen molar-refractivity contribution in [1.82, 2.24) is 14.9 Å². The molecule has 0 aliphatic heterocycles. The van der Waals surface area contributed by atoms with Crippen LogP contribution in [0, 0.1) is 0 Å². The van der Waals surface area contributed by atoms with Crippen molar-refractivity contribution in [3.05, 3.63) is 18.2 Å². The Morgan fingerprint density at radius 3 is 3.14 bits per heavy atom. The first-order valence-corrected chi connectivity index (χ1v) is 4.66. The summed E-state index contributed by atoms with van der Waals surface area (Å²) in [5, 5.41) is 3.06. The Hall–Kier alpha value is -1.36. The summed E-state index contributed by atoms with van der Waals surface area (Å²) in [5.74, 6) is -0.250. The van der Waals surface area contributed by atoms with Crippen LogP contribution in [-0.4, -0.2) is 22.5 Å². The first-order valence-electron chi connectivity index (χ1n) is 4.66. The summed E-state index contributed by atoms with van der Waals surface area (Å²) in [6.45, 7) is 1.58. The summed E-state index contributed by atoms with van der Waals surface area (Å²) in [6.07, 6.45) is 4.79. The standard InChI is InChI=1S/C9H16N4O/c1-11-5-8-6-12-7-13(8)4-2-3-9(10)14/h6-7,11H,2-5H2,1H3,(H2,10,14). The normalized spacial score (nSPS) is 10.4. The smallest absolute Gasteiger partial charge is 0.217 e. The fourth-order valence-electron chi connectivity index (χ4n) is 1.30. The number of primary amides is 1. The van der Waals surface area contributed by atoms with Crippen LogP contribution in [0.5, 0.6) is 0 Å². The van der Waals surface area contributed by atoms with Gasteiger partial charge < -0.3 is 15.6 Å². The van der Waals surface area contributed by atoms with Crippen molar-refractivity contribution < 1.29 is 4.79 Å². The van der Waals surface area contributed by atoms with Crippen LogP contribution in [0.25, 0.3) is 0 Å². The first-order chi connectivity index (χ1) is 6.74. The molecule has 5 nitrogen and oxygen atoms in total. The van der Waals surface area contributed by atoms with E-state index in [1.54, 1.807) is 6.33 Å². The van der Waals surface area contributed by atoms with Crippen LogP contribution in [0.2, 0.25) is 0 Å². The van der Waals surface area contributed by atoms with Gasteiger partial charge in [-0.3, -0.25) is 4.79 Å². The van der Waals surface area contributed by atoms with Crippen LogP contribution >= 0.6 is 0 Å². The van der Waals surface area contributed by atoms with Gasteiger partial charge >= 0.3 is 0 Å². The highest BCUT2D eigenvalue weighted by Gasteiger charge is 2.01. The first kappa shape index (κ1) is 10.7. The van der Waals surface area contributed by atoms with E-state index < -0.39 is 0 Å². The number of hydrogen-bond acceptors (Lipinski definition) is 3. The number of amides is 1. The van der Waals surface area contributed by atoms with Crippen molar-refractivity contribution in [2.75, 3.05) is 7.05 Å². The molecule has 1 heterocycles. The number of nitrogens with two attached hydrogens (primary N) is 1. The van der Waals surface area contributed by atoms with E-state index in [1.807, 2.05) is 17.8 Å². The minimum atomic E-state index is -0.250. The number of rotatable bonds is 6. The number of nitrogens with one attached hydrogen (secondary N) is 1. The van der Waals surface area contributed by atoms with Crippen LogP contribution in [0.4, 0.5) is 0 Å². The third-order valence-electron chi connectivity index (χ3n) is 1.98. The molecule has 1 rings (SSSR count). The minimum absolute atomic E-state index is 0.250.